The van der Waals surface area contributed by atoms with Gasteiger partial charge in [0.1, 0.15) is 0 Å². The molecule has 0 aliphatic carbocycles. The van der Waals surface area contributed by atoms with Crippen molar-refractivity contribution in [2.24, 2.45) is 0 Å². The van der Waals surface area contributed by atoms with Crippen LogP contribution >= 0.6 is 0 Å². The van der Waals surface area contributed by atoms with Gasteiger partial charge in [0.2, 0.25) is 5.91 Å². The summed E-state index contributed by atoms with van der Waals surface area (Å²) in [6.07, 6.45) is 0.490. The number of benzene rings is 2. The van der Waals surface area contributed by atoms with E-state index in [9.17, 15) is 4.79 Å². The highest BCUT2D eigenvalue weighted by Gasteiger charge is 2.19. The van der Waals surface area contributed by atoms with Crippen LogP contribution in [-0.2, 0) is 11.3 Å². The predicted octanol–water partition coefficient (Wildman–Crippen LogP) is 3.34. The summed E-state index contributed by atoms with van der Waals surface area (Å²) >= 11 is 0. The predicted molar refractivity (Wildman–Crippen MR) is 80.3 cm³/mol. The second-order valence-electron chi connectivity index (χ2n) is 4.76. The van der Waals surface area contributed by atoms with Crippen LogP contribution in [0.2, 0.25) is 0 Å². The molecule has 0 aromatic heterocycles. The Morgan fingerprint density at radius 3 is 2.50 bits per heavy atom. The third kappa shape index (κ3) is 2.19. The number of para-hydroxylation sites is 1. The molecular weight excluding hydrogens is 246 g/mol. The fourth-order valence-electron chi connectivity index (χ4n) is 2.40. The Balaban J connectivity index is 2.20. The number of amides is 1. The van der Waals surface area contributed by atoms with Crippen molar-refractivity contribution in [3.8, 4) is 11.8 Å². The van der Waals surface area contributed by atoms with Crippen LogP contribution in [-0.4, -0.2) is 5.91 Å². The highest BCUT2D eigenvalue weighted by atomic mass is 16.2. The normalized spacial score (nSPS) is 12.3. The fourth-order valence-corrected chi connectivity index (χ4v) is 2.40. The van der Waals surface area contributed by atoms with Gasteiger partial charge in [0.15, 0.2) is 0 Å². The highest BCUT2D eigenvalue weighted by molar-refractivity contribution is 5.94. The lowest BCUT2D eigenvalue weighted by Crippen LogP contribution is -2.31. The second-order valence-corrected chi connectivity index (χ2v) is 4.76. The van der Waals surface area contributed by atoms with Gasteiger partial charge in [0.05, 0.1) is 12.2 Å². The first-order chi connectivity index (χ1) is 9.79. The quantitative estimate of drug-likeness (QED) is 0.721. The van der Waals surface area contributed by atoms with Crippen molar-refractivity contribution in [3.05, 3.63) is 65.2 Å². The number of rotatable bonds is 1. The molecule has 2 nitrogen and oxygen atoms in total. The molecule has 0 unspecified atom stereocenters. The van der Waals surface area contributed by atoms with E-state index in [2.05, 4.69) is 11.8 Å². The van der Waals surface area contributed by atoms with E-state index in [-0.39, 0.29) is 5.91 Å². The molecular formula is C18H15NO. The van der Waals surface area contributed by atoms with E-state index in [0.29, 0.717) is 13.0 Å². The topological polar surface area (TPSA) is 20.3 Å². The van der Waals surface area contributed by atoms with E-state index in [1.54, 1.807) is 0 Å². The Hall–Kier alpha value is -2.53. The van der Waals surface area contributed by atoms with Crippen LogP contribution in [0.5, 0.6) is 0 Å². The lowest BCUT2D eigenvalue weighted by molar-refractivity contribution is -0.118. The summed E-state index contributed by atoms with van der Waals surface area (Å²) in [4.78, 5) is 14.1. The minimum atomic E-state index is 0.121. The standard InChI is InChI=1S/C18H15NO/c1-2-18(20)19-13-16-9-4-3-7-14(16)11-12-15-8-5-6-10-17(15)19/h3-10H,2,13H2,1H3. The van der Waals surface area contributed by atoms with E-state index < -0.39 is 0 Å². The minimum absolute atomic E-state index is 0.121. The van der Waals surface area contributed by atoms with Crippen molar-refractivity contribution < 1.29 is 4.79 Å². The molecule has 20 heavy (non-hydrogen) atoms. The van der Waals surface area contributed by atoms with Crippen molar-refractivity contribution in [1.82, 2.24) is 0 Å². The van der Waals surface area contributed by atoms with Crippen LogP contribution in [0.15, 0.2) is 48.5 Å². The second kappa shape index (κ2) is 5.22. The number of carbonyl (C=O) groups is 1. The number of anilines is 1. The number of nitrogens with zero attached hydrogens (tertiary/aromatic N) is 1. The van der Waals surface area contributed by atoms with Crippen molar-refractivity contribution >= 4 is 11.6 Å². The molecule has 1 amide bonds. The third-order valence-corrected chi connectivity index (χ3v) is 3.48. The van der Waals surface area contributed by atoms with Crippen molar-refractivity contribution in [3.63, 3.8) is 0 Å². The van der Waals surface area contributed by atoms with Gasteiger partial charge in [0, 0.05) is 17.5 Å². The first-order valence-electron chi connectivity index (χ1n) is 6.79. The van der Waals surface area contributed by atoms with Crippen LogP contribution in [0.25, 0.3) is 0 Å². The van der Waals surface area contributed by atoms with E-state index in [4.69, 9.17) is 0 Å². The molecule has 1 aliphatic heterocycles. The summed E-state index contributed by atoms with van der Waals surface area (Å²) in [5.74, 6) is 6.52. The Morgan fingerprint density at radius 2 is 1.70 bits per heavy atom. The number of fused-ring (bicyclic) bond motifs is 2. The zero-order valence-corrected chi connectivity index (χ0v) is 11.4. The number of hydrogen-bond donors (Lipinski definition) is 0. The molecule has 0 N–H and O–H groups in total. The molecule has 1 heterocycles. The highest BCUT2D eigenvalue weighted by Crippen LogP contribution is 2.25. The number of carbonyl (C=O) groups excluding carboxylic acids is 1. The first-order valence-corrected chi connectivity index (χ1v) is 6.79. The van der Waals surface area contributed by atoms with Gasteiger partial charge in [-0.25, -0.2) is 0 Å². The maximum atomic E-state index is 12.3. The fraction of sp³-hybridized carbons (Fsp3) is 0.167. The minimum Gasteiger partial charge on any atom is -0.307 e. The largest absolute Gasteiger partial charge is 0.307 e. The zero-order chi connectivity index (χ0) is 13.9. The van der Waals surface area contributed by atoms with Crippen molar-refractivity contribution in [1.29, 1.82) is 0 Å². The molecule has 0 spiro atoms. The summed E-state index contributed by atoms with van der Waals surface area (Å²) in [5, 5.41) is 0. The van der Waals surface area contributed by atoms with Gasteiger partial charge in [-0.1, -0.05) is 49.1 Å². The molecule has 2 aromatic carbocycles. The molecule has 2 aromatic rings. The molecule has 0 fully saturated rings. The Kier molecular flexibility index (Phi) is 3.26. The van der Waals surface area contributed by atoms with E-state index in [1.807, 2.05) is 60.4 Å². The maximum Gasteiger partial charge on any atom is 0.227 e. The molecule has 0 bridgehead atoms. The summed E-state index contributed by atoms with van der Waals surface area (Å²) in [6, 6.07) is 15.8. The SMILES string of the molecule is CCC(=O)N1Cc2ccccc2C#Cc2ccccc21. The molecule has 0 saturated carbocycles. The summed E-state index contributed by atoms with van der Waals surface area (Å²) < 4.78 is 0. The van der Waals surface area contributed by atoms with Crippen molar-refractivity contribution in [2.75, 3.05) is 4.90 Å². The van der Waals surface area contributed by atoms with Crippen LogP contribution in [0.4, 0.5) is 5.69 Å². The van der Waals surface area contributed by atoms with Gasteiger partial charge in [-0.15, -0.1) is 0 Å². The monoisotopic (exact) mass is 261 g/mol. The average molecular weight is 261 g/mol. The van der Waals surface area contributed by atoms with Gasteiger partial charge in [-0.2, -0.15) is 0 Å². The Labute approximate surface area is 119 Å². The summed E-state index contributed by atoms with van der Waals surface area (Å²) in [6.45, 7) is 2.47. The smallest absolute Gasteiger partial charge is 0.227 e. The van der Waals surface area contributed by atoms with E-state index >= 15 is 0 Å². The molecule has 0 radical (unpaired) electrons. The zero-order valence-electron chi connectivity index (χ0n) is 11.4. The number of hydrogen-bond acceptors (Lipinski definition) is 1. The van der Waals surface area contributed by atoms with Gasteiger partial charge in [-0.3, -0.25) is 4.79 Å². The molecule has 98 valence electrons. The van der Waals surface area contributed by atoms with E-state index in [1.165, 1.54) is 0 Å². The Morgan fingerprint density at radius 1 is 1.05 bits per heavy atom. The van der Waals surface area contributed by atoms with Gasteiger partial charge < -0.3 is 4.90 Å². The van der Waals surface area contributed by atoms with Crippen LogP contribution < -0.4 is 4.90 Å². The maximum absolute atomic E-state index is 12.3. The van der Waals surface area contributed by atoms with Gasteiger partial charge >= 0.3 is 0 Å². The molecule has 3 rings (SSSR count). The molecule has 0 saturated heterocycles. The van der Waals surface area contributed by atoms with Gasteiger partial charge in [-0.05, 0) is 23.8 Å². The lowest BCUT2D eigenvalue weighted by Gasteiger charge is -2.25. The summed E-state index contributed by atoms with van der Waals surface area (Å²) in [5.41, 5.74) is 3.90. The molecule has 1 aliphatic rings. The lowest BCUT2D eigenvalue weighted by atomic mass is 10.0. The van der Waals surface area contributed by atoms with Crippen molar-refractivity contribution in [2.45, 2.75) is 19.9 Å². The molecule has 0 atom stereocenters. The first kappa shape index (κ1) is 12.5. The van der Waals surface area contributed by atoms with Crippen LogP contribution in [0, 0.1) is 11.8 Å². The Bertz CT molecular complexity index is 721. The van der Waals surface area contributed by atoms with E-state index in [0.717, 1.165) is 22.4 Å². The third-order valence-electron chi connectivity index (χ3n) is 3.48. The van der Waals surface area contributed by atoms with Crippen LogP contribution in [0.3, 0.4) is 0 Å². The van der Waals surface area contributed by atoms with Gasteiger partial charge in [0.25, 0.3) is 0 Å². The van der Waals surface area contributed by atoms with Crippen LogP contribution in [0.1, 0.15) is 30.0 Å². The average Bonchev–Trinajstić information content (AvgIpc) is 2.49. The summed E-state index contributed by atoms with van der Waals surface area (Å²) in [7, 11) is 0. The molecule has 2 heteroatoms.